The van der Waals surface area contributed by atoms with Crippen LogP contribution in [0, 0.1) is 13.8 Å². The lowest BCUT2D eigenvalue weighted by Crippen LogP contribution is -2.13. The van der Waals surface area contributed by atoms with E-state index < -0.39 is 10.0 Å². The number of anilines is 2. The van der Waals surface area contributed by atoms with E-state index in [1.54, 1.807) is 38.1 Å². The molecule has 0 amide bonds. The molecule has 1 heterocycles. The van der Waals surface area contributed by atoms with Crippen molar-refractivity contribution in [3.05, 3.63) is 47.7 Å². The Morgan fingerprint density at radius 2 is 1.95 bits per heavy atom. The molecule has 3 rings (SSSR count). The minimum atomic E-state index is -3.81. The van der Waals surface area contributed by atoms with Crippen molar-refractivity contribution in [3.63, 3.8) is 0 Å². The number of aromatic nitrogens is 1. The number of sulfonamides is 1. The van der Waals surface area contributed by atoms with Crippen molar-refractivity contribution in [1.29, 1.82) is 0 Å². The van der Waals surface area contributed by atoms with Crippen LogP contribution < -0.4 is 10.5 Å². The lowest BCUT2D eigenvalue weighted by atomic mass is 10.1. The maximum Gasteiger partial charge on any atom is 0.264 e. The van der Waals surface area contributed by atoms with Crippen molar-refractivity contribution in [2.75, 3.05) is 10.5 Å². The van der Waals surface area contributed by atoms with E-state index in [4.69, 9.17) is 10.3 Å². The summed E-state index contributed by atoms with van der Waals surface area (Å²) >= 11 is 0. The van der Waals surface area contributed by atoms with Gasteiger partial charge in [-0.3, -0.25) is 0 Å². The van der Waals surface area contributed by atoms with Crippen molar-refractivity contribution in [2.24, 2.45) is 0 Å². The quantitative estimate of drug-likeness (QED) is 0.724. The molecule has 2 aromatic carbocycles. The second kappa shape index (κ2) is 5.03. The third kappa shape index (κ3) is 2.39. The zero-order valence-electron chi connectivity index (χ0n) is 12.1. The molecule has 0 saturated heterocycles. The number of nitrogens with two attached hydrogens (primary N) is 1. The normalized spacial score (nSPS) is 11.7. The number of hydrogen-bond donors (Lipinski definition) is 2. The Balaban J connectivity index is 2.13. The summed E-state index contributed by atoms with van der Waals surface area (Å²) in [6.45, 7) is 3.49. The fraction of sp³-hybridized carbons (Fsp3) is 0.133. The Morgan fingerprint density at radius 3 is 2.64 bits per heavy atom. The molecule has 0 aliphatic carbocycles. The van der Waals surface area contributed by atoms with Gasteiger partial charge in [0.25, 0.3) is 10.0 Å². The van der Waals surface area contributed by atoms with Crippen LogP contribution in [0.1, 0.15) is 11.3 Å². The second-order valence-electron chi connectivity index (χ2n) is 5.06. The highest BCUT2D eigenvalue weighted by atomic mass is 32.2. The second-order valence-corrected chi connectivity index (χ2v) is 6.72. The highest BCUT2D eigenvalue weighted by Gasteiger charge is 2.21. The van der Waals surface area contributed by atoms with E-state index in [9.17, 15) is 8.42 Å². The summed E-state index contributed by atoms with van der Waals surface area (Å²) in [7, 11) is -3.81. The Hall–Kier alpha value is -2.54. The number of fused-ring (bicyclic) bond motifs is 1. The van der Waals surface area contributed by atoms with Gasteiger partial charge in [-0.05, 0) is 37.4 Å². The fourth-order valence-corrected chi connectivity index (χ4v) is 3.45. The Kier molecular flexibility index (Phi) is 3.29. The van der Waals surface area contributed by atoms with Crippen molar-refractivity contribution >= 4 is 32.4 Å². The zero-order chi connectivity index (χ0) is 15.9. The minimum absolute atomic E-state index is 0.124. The van der Waals surface area contributed by atoms with Crippen molar-refractivity contribution in [3.8, 4) is 0 Å². The Labute approximate surface area is 128 Å². The molecular weight excluding hydrogens is 302 g/mol. The summed E-state index contributed by atoms with van der Waals surface area (Å²) in [5.74, 6) is 0.124. The molecule has 3 aromatic rings. The number of hydrogen-bond acceptors (Lipinski definition) is 5. The third-order valence-electron chi connectivity index (χ3n) is 3.54. The molecule has 0 saturated carbocycles. The number of nitrogens with zero attached hydrogens (tertiary/aromatic N) is 1. The highest BCUT2D eigenvalue weighted by molar-refractivity contribution is 7.93. The molecule has 0 radical (unpaired) electrons. The van der Waals surface area contributed by atoms with Crippen molar-refractivity contribution in [2.45, 2.75) is 18.7 Å². The molecule has 114 valence electrons. The summed E-state index contributed by atoms with van der Waals surface area (Å²) in [6, 6.07) is 10.2. The van der Waals surface area contributed by atoms with Crippen LogP contribution in [0.2, 0.25) is 0 Å². The monoisotopic (exact) mass is 317 g/mol. The molecule has 0 unspecified atom stereocenters. The number of nitrogen functional groups attached to an aromatic ring is 1. The van der Waals surface area contributed by atoms with Gasteiger partial charge in [-0.25, -0.2) is 13.1 Å². The van der Waals surface area contributed by atoms with Gasteiger partial charge in [-0.2, -0.15) is 0 Å². The predicted octanol–water partition coefficient (Wildman–Crippen LogP) is 2.83. The first-order valence-electron chi connectivity index (χ1n) is 6.62. The maximum atomic E-state index is 12.6. The minimum Gasteiger partial charge on any atom is -0.399 e. The van der Waals surface area contributed by atoms with Gasteiger partial charge in [0.15, 0.2) is 0 Å². The van der Waals surface area contributed by atoms with Gasteiger partial charge in [0, 0.05) is 16.6 Å². The van der Waals surface area contributed by atoms with E-state index >= 15 is 0 Å². The highest BCUT2D eigenvalue weighted by Crippen LogP contribution is 2.28. The molecule has 0 fully saturated rings. The van der Waals surface area contributed by atoms with Crippen LogP contribution in [0.15, 0.2) is 45.8 Å². The van der Waals surface area contributed by atoms with E-state index in [1.807, 2.05) is 6.07 Å². The number of benzene rings is 2. The summed E-state index contributed by atoms with van der Waals surface area (Å²) in [5.41, 5.74) is 7.57. The topological polar surface area (TPSA) is 98.2 Å². The molecule has 0 bridgehead atoms. The molecule has 0 spiro atoms. The number of aryl methyl sites for hydroxylation is 1. The summed E-state index contributed by atoms with van der Waals surface area (Å²) in [5, 5.41) is 5.10. The molecule has 7 heteroatoms. The Morgan fingerprint density at radius 1 is 1.18 bits per heavy atom. The van der Waals surface area contributed by atoms with E-state index in [0.717, 1.165) is 5.39 Å². The molecular formula is C15H15N3O3S. The molecule has 1 aromatic heterocycles. The van der Waals surface area contributed by atoms with Crippen LogP contribution in [0.5, 0.6) is 0 Å². The van der Waals surface area contributed by atoms with Crippen LogP contribution in [0.25, 0.3) is 10.8 Å². The van der Waals surface area contributed by atoms with Gasteiger partial charge in [0.05, 0.1) is 10.6 Å². The average Bonchev–Trinajstić information content (AvgIpc) is 2.78. The zero-order valence-corrected chi connectivity index (χ0v) is 12.9. The van der Waals surface area contributed by atoms with Crippen LogP contribution in [0.3, 0.4) is 0 Å². The van der Waals surface area contributed by atoms with Gasteiger partial charge in [-0.15, -0.1) is 0 Å². The molecule has 0 atom stereocenters. The van der Waals surface area contributed by atoms with Crippen LogP contribution >= 0.6 is 0 Å². The molecule has 3 N–H and O–H groups in total. The smallest absolute Gasteiger partial charge is 0.264 e. The SMILES string of the molecule is Cc1noc(NS(=O)(=O)c2cccc3ccc(N)cc23)c1C. The lowest BCUT2D eigenvalue weighted by molar-refractivity contribution is 0.430. The largest absolute Gasteiger partial charge is 0.399 e. The summed E-state index contributed by atoms with van der Waals surface area (Å²) in [4.78, 5) is 0.144. The van der Waals surface area contributed by atoms with E-state index in [-0.39, 0.29) is 10.8 Å². The molecule has 6 nitrogen and oxygen atoms in total. The van der Waals surface area contributed by atoms with Gasteiger partial charge in [0.1, 0.15) is 0 Å². The summed E-state index contributed by atoms with van der Waals surface area (Å²) in [6.07, 6.45) is 0. The predicted molar refractivity (Wildman–Crippen MR) is 85.1 cm³/mol. The van der Waals surface area contributed by atoms with Crippen molar-refractivity contribution < 1.29 is 12.9 Å². The third-order valence-corrected chi connectivity index (χ3v) is 4.93. The molecule has 0 aliphatic heterocycles. The lowest BCUT2D eigenvalue weighted by Gasteiger charge is -2.09. The van der Waals surface area contributed by atoms with Gasteiger partial charge < -0.3 is 10.3 Å². The first kappa shape index (κ1) is 14.4. The van der Waals surface area contributed by atoms with E-state index in [0.29, 0.717) is 22.3 Å². The van der Waals surface area contributed by atoms with Crippen molar-refractivity contribution in [1.82, 2.24) is 5.16 Å². The summed E-state index contributed by atoms with van der Waals surface area (Å²) < 4.78 is 32.8. The van der Waals surface area contributed by atoms with E-state index in [2.05, 4.69) is 9.88 Å². The van der Waals surface area contributed by atoms with Gasteiger partial charge >= 0.3 is 0 Å². The van der Waals surface area contributed by atoms with E-state index in [1.165, 1.54) is 6.07 Å². The standard InChI is InChI=1S/C15H15N3O3S/c1-9-10(2)17-21-15(9)18-22(19,20)14-5-3-4-11-6-7-12(16)8-13(11)14/h3-8,18H,16H2,1-2H3. The maximum absolute atomic E-state index is 12.6. The molecule has 22 heavy (non-hydrogen) atoms. The van der Waals surface area contributed by atoms with Gasteiger partial charge in [0.2, 0.25) is 5.88 Å². The fourth-order valence-electron chi connectivity index (χ4n) is 2.18. The first-order valence-corrected chi connectivity index (χ1v) is 8.11. The molecule has 0 aliphatic rings. The van der Waals surface area contributed by atoms with Gasteiger partial charge in [-0.1, -0.05) is 23.4 Å². The van der Waals surface area contributed by atoms with Crippen LogP contribution in [0.4, 0.5) is 11.6 Å². The number of rotatable bonds is 3. The van der Waals surface area contributed by atoms with Crippen LogP contribution in [-0.2, 0) is 10.0 Å². The van der Waals surface area contributed by atoms with Crippen LogP contribution in [-0.4, -0.2) is 13.6 Å². The average molecular weight is 317 g/mol. The number of nitrogens with one attached hydrogen (secondary N) is 1. The first-order chi connectivity index (χ1) is 10.4. The Bertz CT molecular complexity index is 961.